The maximum atomic E-state index is 8.80. The molecule has 0 aliphatic carbocycles. The largest absolute Gasteiger partial charge is 0.392 e. The van der Waals surface area contributed by atoms with Crippen molar-refractivity contribution in [3.8, 4) is 0 Å². The van der Waals surface area contributed by atoms with E-state index in [1.54, 1.807) is 12.3 Å². The Labute approximate surface area is 69.2 Å². The first kappa shape index (κ1) is 7.24. The molecule has 1 aliphatic rings. The van der Waals surface area contributed by atoms with Gasteiger partial charge in [0.1, 0.15) is 12.0 Å². The van der Waals surface area contributed by atoms with Gasteiger partial charge in [0.05, 0.1) is 12.3 Å². The van der Waals surface area contributed by atoms with E-state index >= 15 is 0 Å². The number of rotatable bonds is 2. The number of hydrogen-bond donors (Lipinski definition) is 1. The molecule has 0 spiro atoms. The molecule has 1 N–H and O–H groups in total. The molecule has 0 saturated heterocycles. The van der Waals surface area contributed by atoms with Crippen molar-refractivity contribution in [2.24, 2.45) is 4.99 Å². The highest BCUT2D eigenvalue weighted by atomic mass is 16.5. The molecule has 0 aromatic carbocycles. The Morgan fingerprint density at radius 2 is 2.50 bits per heavy atom. The predicted octanol–water partition coefficient (Wildman–Crippen LogP) is 0.744. The lowest BCUT2D eigenvalue weighted by Crippen LogP contribution is -1.99. The van der Waals surface area contributed by atoms with Crippen LogP contribution in [0.2, 0.25) is 0 Å². The van der Waals surface area contributed by atoms with Crippen LogP contribution in [0.3, 0.4) is 0 Å². The van der Waals surface area contributed by atoms with Crippen molar-refractivity contribution in [2.45, 2.75) is 6.42 Å². The topological polar surface area (TPSA) is 58.6 Å². The maximum Gasteiger partial charge on any atom is 0.128 e. The van der Waals surface area contributed by atoms with Gasteiger partial charge >= 0.3 is 0 Å². The molecule has 0 radical (unpaired) electrons. The zero-order chi connectivity index (χ0) is 8.39. The Morgan fingerprint density at radius 1 is 1.58 bits per heavy atom. The molecule has 0 bridgehead atoms. The Balaban J connectivity index is 2.13. The molecule has 0 unspecified atom stereocenters. The van der Waals surface area contributed by atoms with E-state index in [2.05, 4.69) is 14.7 Å². The predicted molar refractivity (Wildman–Crippen MR) is 42.8 cm³/mol. The van der Waals surface area contributed by atoms with Crippen LogP contribution in [0.15, 0.2) is 33.6 Å². The van der Waals surface area contributed by atoms with Crippen molar-refractivity contribution < 1.29 is 9.63 Å². The lowest BCUT2D eigenvalue weighted by molar-refractivity contribution is 0.330. The van der Waals surface area contributed by atoms with Gasteiger partial charge in [0, 0.05) is 18.7 Å². The molecule has 1 aliphatic heterocycles. The van der Waals surface area contributed by atoms with E-state index in [1.807, 2.05) is 0 Å². The van der Waals surface area contributed by atoms with Gasteiger partial charge in [0.25, 0.3) is 0 Å². The van der Waals surface area contributed by atoms with Crippen LogP contribution in [0.5, 0.6) is 0 Å². The third-order valence-corrected chi connectivity index (χ3v) is 1.73. The molecule has 4 nitrogen and oxygen atoms in total. The van der Waals surface area contributed by atoms with Gasteiger partial charge < -0.3 is 9.63 Å². The van der Waals surface area contributed by atoms with Crippen LogP contribution in [-0.2, 0) is 0 Å². The van der Waals surface area contributed by atoms with Crippen LogP contribution in [0.4, 0.5) is 0 Å². The van der Waals surface area contributed by atoms with Crippen molar-refractivity contribution in [1.82, 2.24) is 5.16 Å². The summed E-state index contributed by atoms with van der Waals surface area (Å²) >= 11 is 0. The minimum absolute atomic E-state index is 0.0604. The first-order valence-corrected chi connectivity index (χ1v) is 3.66. The second-order valence-corrected chi connectivity index (χ2v) is 2.58. The van der Waals surface area contributed by atoms with Gasteiger partial charge in [-0.3, -0.25) is 4.99 Å². The summed E-state index contributed by atoms with van der Waals surface area (Å²) in [6, 6.07) is 1.76. The highest BCUT2D eigenvalue weighted by Gasteiger charge is 2.13. The fourth-order valence-electron chi connectivity index (χ4n) is 1.09. The third-order valence-electron chi connectivity index (χ3n) is 1.73. The normalized spacial score (nSPS) is 16.1. The molecule has 1 aromatic rings. The molecule has 0 saturated carbocycles. The summed E-state index contributed by atoms with van der Waals surface area (Å²) in [6.45, 7) is 0.0604. The standard InChI is InChI=1S/C8H8N2O2/c11-5-6-3-8(9-4-6)7-1-2-12-10-7/h1-2,4,11H,3,5H2. The zero-order valence-corrected chi connectivity index (χ0v) is 6.40. The maximum absolute atomic E-state index is 8.80. The van der Waals surface area contributed by atoms with Crippen LogP contribution in [-0.4, -0.2) is 22.6 Å². The summed E-state index contributed by atoms with van der Waals surface area (Å²) in [4.78, 5) is 4.10. The van der Waals surface area contributed by atoms with Crippen LogP contribution in [0, 0.1) is 0 Å². The number of nitrogens with zero attached hydrogens (tertiary/aromatic N) is 2. The van der Waals surface area contributed by atoms with E-state index in [4.69, 9.17) is 5.11 Å². The molecule has 2 rings (SSSR count). The van der Waals surface area contributed by atoms with E-state index in [-0.39, 0.29) is 6.61 Å². The average molecular weight is 164 g/mol. The van der Waals surface area contributed by atoms with E-state index in [9.17, 15) is 0 Å². The van der Waals surface area contributed by atoms with E-state index in [0.29, 0.717) is 6.42 Å². The second-order valence-electron chi connectivity index (χ2n) is 2.58. The van der Waals surface area contributed by atoms with Crippen molar-refractivity contribution in [3.63, 3.8) is 0 Å². The fraction of sp³-hybridized carbons (Fsp3) is 0.250. The number of aliphatic hydroxyl groups excluding tert-OH is 1. The number of aliphatic hydroxyl groups is 1. The third kappa shape index (κ3) is 1.16. The van der Waals surface area contributed by atoms with Gasteiger partial charge in [-0.05, 0) is 5.57 Å². The lowest BCUT2D eigenvalue weighted by atomic mass is 10.1. The molecule has 62 valence electrons. The van der Waals surface area contributed by atoms with Crippen molar-refractivity contribution >= 4 is 5.71 Å². The van der Waals surface area contributed by atoms with Gasteiger partial charge in [0.15, 0.2) is 0 Å². The van der Waals surface area contributed by atoms with Crippen molar-refractivity contribution in [2.75, 3.05) is 6.61 Å². The summed E-state index contributed by atoms with van der Waals surface area (Å²) in [7, 11) is 0. The summed E-state index contributed by atoms with van der Waals surface area (Å²) in [6.07, 6.45) is 3.85. The number of aliphatic imine (C=N–C) groups is 1. The van der Waals surface area contributed by atoms with Gasteiger partial charge in [-0.25, -0.2) is 0 Å². The average Bonchev–Trinajstić information content (AvgIpc) is 2.75. The molecular weight excluding hydrogens is 156 g/mol. The Morgan fingerprint density at radius 3 is 3.08 bits per heavy atom. The quantitative estimate of drug-likeness (QED) is 0.701. The number of hydrogen-bond acceptors (Lipinski definition) is 4. The van der Waals surface area contributed by atoms with E-state index in [1.165, 1.54) is 6.26 Å². The van der Waals surface area contributed by atoms with Crippen molar-refractivity contribution in [3.05, 3.63) is 29.8 Å². The molecular formula is C8H8N2O2. The minimum atomic E-state index is 0.0604. The summed E-state index contributed by atoms with van der Waals surface area (Å²) in [5.41, 5.74) is 2.51. The summed E-state index contributed by atoms with van der Waals surface area (Å²) in [5.74, 6) is 0. The van der Waals surface area contributed by atoms with Gasteiger partial charge in [-0.1, -0.05) is 5.16 Å². The molecule has 12 heavy (non-hydrogen) atoms. The lowest BCUT2D eigenvalue weighted by Gasteiger charge is -1.94. The zero-order valence-electron chi connectivity index (χ0n) is 6.40. The second kappa shape index (κ2) is 2.91. The van der Waals surface area contributed by atoms with Crippen LogP contribution < -0.4 is 0 Å². The summed E-state index contributed by atoms with van der Waals surface area (Å²) < 4.78 is 4.68. The van der Waals surface area contributed by atoms with Gasteiger partial charge in [-0.2, -0.15) is 0 Å². The fourth-order valence-corrected chi connectivity index (χ4v) is 1.09. The minimum Gasteiger partial charge on any atom is -0.392 e. The van der Waals surface area contributed by atoms with Gasteiger partial charge in [0.2, 0.25) is 0 Å². The Bertz CT molecular complexity index is 325. The van der Waals surface area contributed by atoms with Gasteiger partial charge in [-0.15, -0.1) is 0 Å². The Hall–Kier alpha value is -1.42. The van der Waals surface area contributed by atoms with E-state index < -0.39 is 0 Å². The number of aromatic nitrogens is 1. The molecule has 2 heterocycles. The molecule has 0 fully saturated rings. The highest BCUT2D eigenvalue weighted by Crippen LogP contribution is 2.15. The highest BCUT2D eigenvalue weighted by molar-refractivity contribution is 6.02. The van der Waals surface area contributed by atoms with Crippen LogP contribution >= 0.6 is 0 Å². The molecule has 4 heteroatoms. The first-order chi connectivity index (χ1) is 5.90. The molecule has 0 atom stereocenters. The van der Waals surface area contributed by atoms with Crippen LogP contribution in [0.1, 0.15) is 12.1 Å². The monoisotopic (exact) mass is 164 g/mol. The van der Waals surface area contributed by atoms with Crippen LogP contribution in [0.25, 0.3) is 0 Å². The molecule has 0 amide bonds. The van der Waals surface area contributed by atoms with E-state index in [0.717, 1.165) is 17.0 Å². The Kier molecular flexibility index (Phi) is 1.75. The SMILES string of the molecule is OCC1=CN=C(c2ccon2)C1. The first-order valence-electron chi connectivity index (χ1n) is 3.66. The smallest absolute Gasteiger partial charge is 0.128 e. The summed E-state index contributed by atoms with van der Waals surface area (Å²) in [5, 5.41) is 12.5. The molecule has 1 aromatic heterocycles. The van der Waals surface area contributed by atoms with Crippen molar-refractivity contribution in [1.29, 1.82) is 0 Å².